The molecule has 0 radical (unpaired) electrons. The number of hydrogen-bond acceptors (Lipinski definition) is 3. The summed E-state index contributed by atoms with van der Waals surface area (Å²) in [4.78, 5) is 7.95. The summed E-state index contributed by atoms with van der Waals surface area (Å²) >= 11 is 5.98. The van der Waals surface area contributed by atoms with Gasteiger partial charge in [0.2, 0.25) is 0 Å². The monoisotopic (exact) mass is 247 g/mol. The van der Waals surface area contributed by atoms with Gasteiger partial charge in [-0.3, -0.25) is 0 Å². The average Bonchev–Trinajstić information content (AvgIpc) is 2.38. The Morgan fingerprint density at radius 1 is 1.24 bits per heavy atom. The van der Waals surface area contributed by atoms with Crippen LogP contribution in [0.3, 0.4) is 0 Å². The van der Waals surface area contributed by atoms with E-state index in [0.29, 0.717) is 10.8 Å². The quantitative estimate of drug-likeness (QED) is 0.901. The van der Waals surface area contributed by atoms with Gasteiger partial charge in [-0.25, -0.2) is 9.97 Å². The van der Waals surface area contributed by atoms with E-state index in [2.05, 4.69) is 40.4 Å². The minimum absolute atomic E-state index is 0.543. The molecule has 1 heterocycles. The highest BCUT2D eigenvalue weighted by molar-refractivity contribution is 6.32. The van der Waals surface area contributed by atoms with Crippen molar-refractivity contribution in [2.45, 2.75) is 19.9 Å². The van der Waals surface area contributed by atoms with Crippen LogP contribution in [-0.2, 0) is 13.0 Å². The van der Waals surface area contributed by atoms with Crippen LogP contribution in [0.5, 0.6) is 0 Å². The molecule has 0 spiro atoms. The molecule has 1 aromatic heterocycles. The topological polar surface area (TPSA) is 37.8 Å². The Bertz CT molecular complexity index is 500. The van der Waals surface area contributed by atoms with Crippen LogP contribution in [0, 0.1) is 0 Å². The number of nitrogens with one attached hydrogen (secondary N) is 1. The zero-order valence-corrected chi connectivity index (χ0v) is 10.4. The average molecular weight is 248 g/mol. The molecule has 17 heavy (non-hydrogen) atoms. The SMILES string of the molecule is CCc1ccccc1CNc1ncncc1Cl. The molecule has 0 amide bonds. The number of benzene rings is 1. The van der Waals surface area contributed by atoms with Gasteiger partial charge in [-0.1, -0.05) is 42.8 Å². The lowest BCUT2D eigenvalue weighted by atomic mass is 10.1. The molecule has 0 bridgehead atoms. The van der Waals surface area contributed by atoms with Crippen LogP contribution in [-0.4, -0.2) is 9.97 Å². The highest BCUT2D eigenvalue weighted by atomic mass is 35.5. The molecule has 0 saturated heterocycles. The van der Waals surface area contributed by atoms with Crippen LogP contribution in [0.4, 0.5) is 5.82 Å². The second-order valence-electron chi connectivity index (χ2n) is 3.70. The number of aryl methyl sites for hydroxylation is 1. The normalized spacial score (nSPS) is 10.2. The molecular weight excluding hydrogens is 234 g/mol. The van der Waals surface area contributed by atoms with Crippen LogP contribution in [0.2, 0.25) is 5.02 Å². The number of halogens is 1. The molecule has 2 aromatic rings. The molecule has 0 aliphatic carbocycles. The first kappa shape index (κ1) is 11.9. The predicted octanol–water partition coefficient (Wildman–Crippen LogP) is 3.30. The summed E-state index contributed by atoms with van der Waals surface area (Å²) in [5, 5.41) is 3.76. The number of hydrogen-bond donors (Lipinski definition) is 1. The molecule has 4 heteroatoms. The summed E-state index contributed by atoms with van der Waals surface area (Å²) < 4.78 is 0. The predicted molar refractivity (Wildman–Crippen MR) is 70.2 cm³/mol. The van der Waals surface area contributed by atoms with Crippen molar-refractivity contribution in [2.24, 2.45) is 0 Å². The summed E-state index contributed by atoms with van der Waals surface area (Å²) in [5.41, 5.74) is 2.61. The summed E-state index contributed by atoms with van der Waals surface area (Å²) in [6, 6.07) is 8.34. The second-order valence-corrected chi connectivity index (χ2v) is 4.10. The van der Waals surface area contributed by atoms with Crippen molar-refractivity contribution in [3.8, 4) is 0 Å². The summed E-state index contributed by atoms with van der Waals surface area (Å²) in [7, 11) is 0. The zero-order chi connectivity index (χ0) is 12.1. The zero-order valence-electron chi connectivity index (χ0n) is 9.65. The Morgan fingerprint density at radius 2 is 2.00 bits per heavy atom. The van der Waals surface area contributed by atoms with Crippen molar-refractivity contribution in [3.05, 3.63) is 52.9 Å². The summed E-state index contributed by atoms with van der Waals surface area (Å²) in [6.45, 7) is 2.87. The van der Waals surface area contributed by atoms with Gasteiger partial charge < -0.3 is 5.32 Å². The number of nitrogens with zero attached hydrogens (tertiary/aromatic N) is 2. The van der Waals surface area contributed by atoms with E-state index in [0.717, 1.165) is 13.0 Å². The molecule has 2 rings (SSSR count). The molecule has 0 aliphatic rings. The van der Waals surface area contributed by atoms with Gasteiger partial charge in [-0.15, -0.1) is 0 Å². The molecule has 0 aliphatic heterocycles. The molecule has 1 aromatic carbocycles. The van der Waals surface area contributed by atoms with Gasteiger partial charge in [-0.2, -0.15) is 0 Å². The molecular formula is C13H14ClN3. The maximum Gasteiger partial charge on any atom is 0.148 e. The first-order valence-corrected chi connectivity index (χ1v) is 5.95. The number of anilines is 1. The summed E-state index contributed by atoms with van der Waals surface area (Å²) in [5.74, 6) is 0.674. The molecule has 0 unspecified atom stereocenters. The Balaban J connectivity index is 2.10. The molecule has 0 atom stereocenters. The van der Waals surface area contributed by atoms with Crippen molar-refractivity contribution < 1.29 is 0 Å². The van der Waals surface area contributed by atoms with Crippen molar-refractivity contribution in [3.63, 3.8) is 0 Å². The Hall–Kier alpha value is -1.61. The molecule has 1 N–H and O–H groups in total. The highest BCUT2D eigenvalue weighted by Gasteiger charge is 2.03. The number of aromatic nitrogens is 2. The second kappa shape index (κ2) is 5.64. The molecule has 0 fully saturated rings. The lowest BCUT2D eigenvalue weighted by molar-refractivity contribution is 1.03. The van der Waals surface area contributed by atoms with Crippen LogP contribution in [0.1, 0.15) is 18.1 Å². The van der Waals surface area contributed by atoms with Gasteiger partial charge >= 0.3 is 0 Å². The molecule has 88 valence electrons. The van der Waals surface area contributed by atoms with E-state index in [1.807, 2.05) is 6.07 Å². The van der Waals surface area contributed by atoms with Gasteiger partial charge in [0.15, 0.2) is 0 Å². The van der Waals surface area contributed by atoms with Crippen LogP contribution >= 0.6 is 11.6 Å². The fraction of sp³-hybridized carbons (Fsp3) is 0.231. The maximum absolute atomic E-state index is 5.98. The van der Waals surface area contributed by atoms with E-state index in [1.54, 1.807) is 6.20 Å². The third kappa shape index (κ3) is 2.94. The van der Waals surface area contributed by atoms with E-state index in [1.165, 1.54) is 17.5 Å². The van der Waals surface area contributed by atoms with E-state index in [4.69, 9.17) is 11.6 Å². The minimum atomic E-state index is 0.543. The van der Waals surface area contributed by atoms with Gasteiger partial charge in [-0.05, 0) is 17.5 Å². The lowest BCUT2D eigenvalue weighted by Gasteiger charge is -2.10. The third-order valence-electron chi connectivity index (χ3n) is 2.61. The maximum atomic E-state index is 5.98. The van der Waals surface area contributed by atoms with Gasteiger partial charge in [0.25, 0.3) is 0 Å². The van der Waals surface area contributed by atoms with E-state index >= 15 is 0 Å². The first-order valence-electron chi connectivity index (χ1n) is 5.57. The van der Waals surface area contributed by atoms with Crippen LogP contribution in [0.15, 0.2) is 36.8 Å². The third-order valence-corrected chi connectivity index (χ3v) is 2.89. The van der Waals surface area contributed by atoms with Gasteiger partial charge in [0, 0.05) is 6.54 Å². The van der Waals surface area contributed by atoms with Crippen molar-refractivity contribution in [1.29, 1.82) is 0 Å². The van der Waals surface area contributed by atoms with Crippen molar-refractivity contribution in [2.75, 3.05) is 5.32 Å². The van der Waals surface area contributed by atoms with E-state index in [9.17, 15) is 0 Å². The van der Waals surface area contributed by atoms with Crippen LogP contribution < -0.4 is 5.32 Å². The largest absolute Gasteiger partial charge is 0.365 e. The Morgan fingerprint density at radius 3 is 2.71 bits per heavy atom. The fourth-order valence-electron chi connectivity index (χ4n) is 1.70. The van der Waals surface area contributed by atoms with Gasteiger partial charge in [0.1, 0.15) is 17.2 Å². The smallest absolute Gasteiger partial charge is 0.148 e. The Labute approximate surface area is 106 Å². The van der Waals surface area contributed by atoms with Gasteiger partial charge in [0.05, 0.1) is 6.20 Å². The summed E-state index contributed by atoms with van der Waals surface area (Å²) in [6.07, 6.45) is 4.10. The van der Waals surface area contributed by atoms with Crippen molar-refractivity contribution >= 4 is 17.4 Å². The highest BCUT2D eigenvalue weighted by Crippen LogP contribution is 2.18. The first-order chi connectivity index (χ1) is 8.31. The fourth-order valence-corrected chi connectivity index (χ4v) is 1.87. The van der Waals surface area contributed by atoms with Crippen molar-refractivity contribution in [1.82, 2.24) is 9.97 Å². The van der Waals surface area contributed by atoms with E-state index < -0.39 is 0 Å². The molecule has 3 nitrogen and oxygen atoms in total. The Kier molecular flexibility index (Phi) is 3.94. The van der Waals surface area contributed by atoms with Crippen LogP contribution in [0.25, 0.3) is 0 Å². The lowest BCUT2D eigenvalue weighted by Crippen LogP contribution is -2.04. The van der Waals surface area contributed by atoms with E-state index in [-0.39, 0.29) is 0 Å². The standard InChI is InChI=1S/C13H14ClN3/c1-2-10-5-3-4-6-11(10)7-16-13-12(14)8-15-9-17-13/h3-6,8-9H,2,7H2,1H3,(H,15,16,17). The minimum Gasteiger partial charge on any atom is -0.365 e. The molecule has 0 saturated carbocycles. The number of rotatable bonds is 4.